The summed E-state index contributed by atoms with van der Waals surface area (Å²) >= 11 is 3.53. The van der Waals surface area contributed by atoms with Gasteiger partial charge in [-0.3, -0.25) is 4.79 Å². The molecule has 1 N–H and O–H groups in total. The molecule has 1 aromatic carbocycles. The summed E-state index contributed by atoms with van der Waals surface area (Å²) in [6.07, 6.45) is 3.34. The number of hydrogen-bond acceptors (Lipinski definition) is 2. The molecule has 0 saturated carbocycles. The monoisotopic (exact) mass is 352 g/mol. The number of amides is 1. The molecule has 0 atom stereocenters. The number of carbonyl (C=O) groups is 1. The first-order valence-corrected chi connectivity index (χ1v) is 8.67. The van der Waals surface area contributed by atoms with Crippen LogP contribution in [-0.2, 0) is 0 Å². The van der Waals surface area contributed by atoms with Crippen molar-refractivity contribution < 1.29 is 4.79 Å². The normalized spacial score (nSPS) is 16.0. The summed E-state index contributed by atoms with van der Waals surface area (Å²) in [6.45, 7) is 8.04. The molecule has 21 heavy (non-hydrogen) atoms. The summed E-state index contributed by atoms with van der Waals surface area (Å²) in [5.41, 5.74) is 1.95. The molecule has 1 heterocycles. The maximum absolute atomic E-state index is 12.8. The molecule has 3 nitrogen and oxygen atoms in total. The van der Waals surface area contributed by atoms with E-state index in [0.29, 0.717) is 5.92 Å². The molecule has 0 radical (unpaired) electrons. The summed E-state index contributed by atoms with van der Waals surface area (Å²) in [4.78, 5) is 14.9. The van der Waals surface area contributed by atoms with Gasteiger partial charge in [0.1, 0.15) is 0 Å². The first kappa shape index (κ1) is 16.5. The zero-order valence-corrected chi connectivity index (χ0v) is 14.6. The number of benzene rings is 1. The number of nitrogens with zero attached hydrogens (tertiary/aromatic N) is 1. The Kier molecular flexibility index (Phi) is 6.24. The first-order chi connectivity index (χ1) is 10.1. The van der Waals surface area contributed by atoms with Gasteiger partial charge >= 0.3 is 0 Å². The largest absolute Gasteiger partial charge is 0.338 e. The van der Waals surface area contributed by atoms with Crippen molar-refractivity contribution >= 4 is 21.8 Å². The van der Waals surface area contributed by atoms with Crippen LogP contribution in [0.2, 0.25) is 0 Å². The fraction of sp³-hybridized carbons (Fsp3) is 0.588. The van der Waals surface area contributed by atoms with Gasteiger partial charge in [-0.2, -0.15) is 0 Å². The number of halogens is 1. The van der Waals surface area contributed by atoms with Crippen molar-refractivity contribution in [1.29, 1.82) is 0 Å². The Balaban J connectivity index is 2.10. The van der Waals surface area contributed by atoms with Crippen molar-refractivity contribution in [3.05, 3.63) is 33.8 Å². The van der Waals surface area contributed by atoms with Crippen molar-refractivity contribution in [3.63, 3.8) is 0 Å². The summed E-state index contributed by atoms with van der Waals surface area (Å²) in [5.74, 6) is 0.785. The fourth-order valence-electron chi connectivity index (χ4n) is 2.89. The van der Waals surface area contributed by atoms with Gasteiger partial charge in [-0.25, -0.2) is 0 Å². The quantitative estimate of drug-likeness (QED) is 0.877. The number of carbonyl (C=O) groups excluding carboxylic acids is 1. The smallest absolute Gasteiger partial charge is 0.255 e. The molecule has 0 unspecified atom stereocenters. The third kappa shape index (κ3) is 4.55. The van der Waals surface area contributed by atoms with E-state index in [1.165, 1.54) is 18.4 Å². The lowest BCUT2D eigenvalue weighted by molar-refractivity contribution is 0.0715. The van der Waals surface area contributed by atoms with E-state index < -0.39 is 0 Å². The Morgan fingerprint density at radius 1 is 1.38 bits per heavy atom. The van der Waals surface area contributed by atoms with Crippen LogP contribution in [0.15, 0.2) is 22.7 Å². The SMILES string of the molecule is CCCN(CC1CCNCC1)C(=O)c1ccc(C)cc1Br. The van der Waals surface area contributed by atoms with Gasteiger partial charge in [-0.05, 0) is 78.8 Å². The topological polar surface area (TPSA) is 32.3 Å². The second kappa shape index (κ2) is 7.95. The van der Waals surface area contributed by atoms with E-state index in [1.54, 1.807) is 0 Å². The van der Waals surface area contributed by atoms with E-state index in [9.17, 15) is 4.79 Å². The molecule has 0 bridgehead atoms. The van der Waals surface area contributed by atoms with Gasteiger partial charge in [0.05, 0.1) is 5.56 Å². The van der Waals surface area contributed by atoms with Crippen LogP contribution in [0.5, 0.6) is 0 Å². The first-order valence-electron chi connectivity index (χ1n) is 7.88. The van der Waals surface area contributed by atoms with Gasteiger partial charge < -0.3 is 10.2 Å². The molecule has 1 saturated heterocycles. The summed E-state index contributed by atoms with van der Waals surface area (Å²) in [6, 6.07) is 5.96. The summed E-state index contributed by atoms with van der Waals surface area (Å²) < 4.78 is 0.902. The molecular formula is C17H25BrN2O. The molecule has 4 heteroatoms. The van der Waals surface area contributed by atoms with Crippen LogP contribution >= 0.6 is 15.9 Å². The zero-order chi connectivity index (χ0) is 15.2. The Morgan fingerprint density at radius 2 is 2.10 bits per heavy atom. The van der Waals surface area contributed by atoms with Crippen LogP contribution in [0.4, 0.5) is 0 Å². The third-order valence-electron chi connectivity index (χ3n) is 4.07. The molecule has 0 aromatic heterocycles. The van der Waals surface area contributed by atoms with Crippen LogP contribution in [0.3, 0.4) is 0 Å². The van der Waals surface area contributed by atoms with Crippen molar-refractivity contribution in [3.8, 4) is 0 Å². The van der Waals surface area contributed by atoms with E-state index >= 15 is 0 Å². The predicted molar refractivity (Wildman–Crippen MR) is 90.7 cm³/mol. The van der Waals surface area contributed by atoms with E-state index in [4.69, 9.17) is 0 Å². The van der Waals surface area contributed by atoms with Crippen molar-refractivity contribution in [1.82, 2.24) is 10.2 Å². The Morgan fingerprint density at radius 3 is 2.71 bits per heavy atom. The Bertz CT molecular complexity index is 484. The molecule has 0 aliphatic carbocycles. The minimum absolute atomic E-state index is 0.155. The van der Waals surface area contributed by atoms with Gasteiger partial charge in [-0.1, -0.05) is 13.0 Å². The summed E-state index contributed by atoms with van der Waals surface area (Å²) in [5, 5.41) is 3.39. The van der Waals surface area contributed by atoms with Gasteiger partial charge in [-0.15, -0.1) is 0 Å². The highest BCUT2D eigenvalue weighted by Crippen LogP contribution is 2.22. The van der Waals surface area contributed by atoms with Gasteiger partial charge in [0.15, 0.2) is 0 Å². The van der Waals surface area contributed by atoms with Gasteiger partial charge in [0.2, 0.25) is 0 Å². The van der Waals surface area contributed by atoms with Crippen LogP contribution in [0.25, 0.3) is 0 Å². The molecule has 1 fully saturated rings. The number of piperidine rings is 1. The lowest BCUT2D eigenvalue weighted by atomic mass is 9.97. The van der Waals surface area contributed by atoms with Crippen LogP contribution in [0.1, 0.15) is 42.1 Å². The third-order valence-corrected chi connectivity index (χ3v) is 4.73. The number of aryl methyl sites for hydroxylation is 1. The second-order valence-corrected chi connectivity index (χ2v) is 6.78. The minimum Gasteiger partial charge on any atom is -0.338 e. The van der Waals surface area contributed by atoms with Crippen LogP contribution in [-0.4, -0.2) is 37.0 Å². The highest BCUT2D eigenvalue weighted by molar-refractivity contribution is 9.10. The number of nitrogens with one attached hydrogen (secondary N) is 1. The summed E-state index contributed by atoms with van der Waals surface area (Å²) in [7, 11) is 0. The minimum atomic E-state index is 0.155. The molecule has 0 spiro atoms. The van der Waals surface area contributed by atoms with Gasteiger partial charge in [0.25, 0.3) is 5.91 Å². The maximum atomic E-state index is 12.8. The fourth-order valence-corrected chi connectivity index (χ4v) is 3.55. The molecule has 116 valence electrons. The number of rotatable bonds is 5. The highest BCUT2D eigenvalue weighted by Gasteiger charge is 2.22. The molecule has 1 amide bonds. The van der Waals surface area contributed by atoms with Crippen LogP contribution in [0, 0.1) is 12.8 Å². The van der Waals surface area contributed by atoms with E-state index in [1.807, 2.05) is 30.0 Å². The average molecular weight is 353 g/mol. The van der Waals surface area contributed by atoms with E-state index in [-0.39, 0.29) is 5.91 Å². The standard InChI is InChI=1S/C17H25BrN2O/c1-3-10-20(12-14-6-8-19-9-7-14)17(21)15-5-4-13(2)11-16(15)18/h4-5,11,14,19H,3,6-10,12H2,1-2H3. The van der Waals surface area contributed by atoms with Crippen molar-refractivity contribution in [2.45, 2.75) is 33.1 Å². The average Bonchev–Trinajstić information content (AvgIpc) is 2.47. The highest BCUT2D eigenvalue weighted by atomic mass is 79.9. The Labute approximate surface area is 136 Å². The Hall–Kier alpha value is -0.870. The molecular weight excluding hydrogens is 328 g/mol. The zero-order valence-electron chi connectivity index (χ0n) is 13.0. The lowest BCUT2D eigenvalue weighted by Crippen LogP contribution is -2.39. The molecule has 1 aromatic rings. The van der Waals surface area contributed by atoms with Crippen LogP contribution < -0.4 is 5.32 Å². The molecule has 1 aliphatic rings. The van der Waals surface area contributed by atoms with E-state index in [2.05, 4.69) is 28.2 Å². The predicted octanol–water partition coefficient (Wildman–Crippen LogP) is 3.61. The van der Waals surface area contributed by atoms with Crippen molar-refractivity contribution in [2.75, 3.05) is 26.2 Å². The second-order valence-electron chi connectivity index (χ2n) is 5.93. The number of hydrogen-bond donors (Lipinski definition) is 1. The molecule has 1 aliphatic heterocycles. The van der Waals surface area contributed by atoms with Gasteiger partial charge in [0, 0.05) is 17.6 Å². The molecule has 2 rings (SSSR count). The lowest BCUT2D eigenvalue weighted by Gasteiger charge is -2.30. The maximum Gasteiger partial charge on any atom is 0.255 e. The van der Waals surface area contributed by atoms with E-state index in [0.717, 1.165) is 42.6 Å². The van der Waals surface area contributed by atoms with Crippen molar-refractivity contribution in [2.24, 2.45) is 5.92 Å².